The van der Waals surface area contributed by atoms with E-state index in [1.54, 1.807) is 13.0 Å². The van der Waals surface area contributed by atoms with E-state index in [9.17, 15) is 14.4 Å². The van der Waals surface area contributed by atoms with Gasteiger partial charge in [0.15, 0.2) is 0 Å². The van der Waals surface area contributed by atoms with Crippen LogP contribution in [0, 0.1) is 5.92 Å². The molecule has 0 aliphatic carbocycles. The van der Waals surface area contributed by atoms with Gasteiger partial charge < -0.3 is 20.5 Å². The molecule has 0 aliphatic rings. The van der Waals surface area contributed by atoms with Crippen LogP contribution in [0.5, 0.6) is 0 Å². The molecule has 1 aromatic carbocycles. The first-order valence-electron chi connectivity index (χ1n) is 11.0. The fourth-order valence-electron chi connectivity index (χ4n) is 3.09. The van der Waals surface area contributed by atoms with Crippen LogP contribution in [0.1, 0.15) is 57.1 Å². The molecular weight excluding hydrogens is 408 g/mol. The lowest BCUT2D eigenvalue weighted by molar-refractivity contribution is -0.145. The maximum absolute atomic E-state index is 13.0. The minimum atomic E-state index is -0.626. The fourth-order valence-corrected chi connectivity index (χ4v) is 3.09. The van der Waals surface area contributed by atoms with Gasteiger partial charge in [0.05, 0.1) is 18.6 Å². The topological polar surface area (TPSA) is 105 Å². The molecule has 176 valence electrons. The highest BCUT2D eigenvalue weighted by Crippen LogP contribution is 2.17. The van der Waals surface area contributed by atoms with Gasteiger partial charge in [-0.25, -0.2) is 0 Å². The van der Waals surface area contributed by atoms with Crippen LogP contribution in [0.4, 0.5) is 0 Å². The van der Waals surface area contributed by atoms with E-state index in [2.05, 4.69) is 23.8 Å². The molecule has 7 heteroatoms. The van der Waals surface area contributed by atoms with Crippen LogP contribution >= 0.6 is 0 Å². The predicted octanol–water partition coefficient (Wildman–Crippen LogP) is 3.21. The predicted molar refractivity (Wildman–Crippen MR) is 125 cm³/mol. The number of aliphatic hydroxyl groups excluding tert-OH is 1. The second-order valence-electron chi connectivity index (χ2n) is 7.77. The number of nitrogens with one attached hydrogen (secondary N) is 2. The first kappa shape index (κ1) is 27.1. The van der Waals surface area contributed by atoms with Crippen LogP contribution in [0.2, 0.25) is 0 Å². The Kier molecular flexibility index (Phi) is 13.4. The van der Waals surface area contributed by atoms with Crippen molar-refractivity contribution in [2.24, 2.45) is 5.92 Å². The fraction of sp³-hybridized carbons (Fsp3) is 0.480. The normalized spacial score (nSPS) is 13.3. The molecule has 1 rings (SSSR count). The van der Waals surface area contributed by atoms with Crippen LogP contribution in [-0.2, 0) is 19.1 Å². The monoisotopic (exact) mass is 444 g/mol. The minimum Gasteiger partial charge on any atom is -0.463 e. The third-order valence-corrected chi connectivity index (χ3v) is 4.90. The summed E-state index contributed by atoms with van der Waals surface area (Å²) in [6.07, 6.45) is 6.44. The van der Waals surface area contributed by atoms with Gasteiger partial charge in [0.2, 0.25) is 11.8 Å². The average Bonchev–Trinajstić information content (AvgIpc) is 2.79. The molecule has 0 aromatic heterocycles. The standard InChI is InChI=1S/C25H36N2O5/c1-4-6-7-11-15-24(30)32-18-22(20-13-9-8-10-14-20)27-25(31)21(12-5-2)16-23(29)26-19(3)17-28/h4-5,8-10,13-14,19,21-22,28H,1-2,6-7,11-12,15-18H2,3H3,(H,26,29)(H,27,31)/t19-,21-,22+/m0/s1. The number of rotatable bonds is 16. The number of allylic oxidation sites excluding steroid dienone is 2. The van der Waals surface area contributed by atoms with E-state index in [1.165, 1.54) is 0 Å². The molecule has 0 radical (unpaired) electrons. The molecule has 3 atom stereocenters. The van der Waals surface area contributed by atoms with Crippen LogP contribution in [0.25, 0.3) is 0 Å². The number of esters is 1. The Morgan fingerprint density at radius 3 is 2.44 bits per heavy atom. The molecule has 0 saturated heterocycles. The summed E-state index contributed by atoms with van der Waals surface area (Å²) in [5.41, 5.74) is 0.802. The molecule has 2 amide bonds. The van der Waals surface area contributed by atoms with Gasteiger partial charge in [-0.2, -0.15) is 0 Å². The van der Waals surface area contributed by atoms with Crippen LogP contribution in [0.15, 0.2) is 55.6 Å². The first-order chi connectivity index (χ1) is 15.4. The number of benzene rings is 1. The summed E-state index contributed by atoms with van der Waals surface area (Å²) in [6.45, 7) is 8.84. The van der Waals surface area contributed by atoms with Crippen molar-refractivity contribution in [3.05, 3.63) is 61.2 Å². The van der Waals surface area contributed by atoms with Crippen molar-refractivity contribution in [1.82, 2.24) is 10.6 Å². The van der Waals surface area contributed by atoms with Crippen molar-refractivity contribution in [1.29, 1.82) is 0 Å². The van der Waals surface area contributed by atoms with Crippen LogP contribution < -0.4 is 10.6 Å². The van der Waals surface area contributed by atoms with Gasteiger partial charge in [0.25, 0.3) is 0 Å². The van der Waals surface area contributed by atoms with E-state index < -0.39 is 18.0 Å². The number of carbonyl (C=O) groups excluding carboxylic acids is 3. The summed E-state index contributed by atoms with van der Waals surface area (Å²) >= 11 is 0. The molecule has 32 heavy (non-hydrogen) atoms. The highest BCUT2D eigenvalue weighted by atomic mass is 16.5. The third kappa shape index (κ3) is 10.9. The van der Waals surface area contributed by atoms with Gasteiger partial charge in [-0.15, -0.1) is 13.2 Å². The summed E-state index contributed by atoms with van der Waals surface area (Å²) in [7, 11) is 0. The third-order valence-electron chi connectivity index (χ3n) is 4.90. The highest BCUT2D eigenvalue weighted by molar-refractivity contribution is 5.86. The zero-order valence-electron chi connectivity index (χ0n) is 18.9. The van der Waals surface area contributed by atoms with Crippen molar-refractivity contribution in [2.75, 3.05) is 13.2 Å². The summed E-state index contributed by atoms with van der Waals surface area (Å²) in [6, 6.07) is 8.32. The van der Waals surface area contributed by atoms with Gasteiger partial charge in [-0.3, -0.25) is 14.4 Å². The number of aliphatic hydroxyl groups is 1. The molecule has 1 aromatic rings. The molecule has 0 aliphatic heterocycles. The molecule has 0 saturated carbocycles. The molecule has 0 unspecified atom stereocenters. The molecule has 0 bridgehead atoms. The lowest BCUT2D eigenvalue weighted by Crippen LogP contribution is -2.40. The van der Waals surface area contributed by atoms with Crippen molar-refractivity contribution in [3.8, 4) is 0 Å². The van der Waals surface area contributed by atoms with E-state index in [1.807, 2.05) is 36.4 Å². The van der Waals surface area contributed by atoms with Crippen molar-refractivity contribution >= 4 is 17.8 Å². The number of amides is 2. The van der Waals surface area contributed by atoms with Gasteiger partial charge in [0, 0.05) is 18.9 Å². The van der Waals surface area contributed by atoms with Crippen molar-refractivity contribution < 1.29 is 24.2 Å². The van der Waals surface area contributed by atoms with E-state index in [0.29, 0.717) is 12.8 Å². The maximum atomic E-state index is 13.0. The zero-order chi connectivity index (χ0) is 23.8. The Bertz CT molecular complexity index is 735. The Balaban J connectivity index is 2.78. The van der Waals surface area contributed by atoms with Gasteiger partial charge >= 0.3 is 5.97 Å². The van der Waals surface area contributed by atoms with E-state index in [4.69, 9.17) is 9.84 Å². The van der Waals surface area contributed by atoms with Gasteiger partial charge in [0.1, 0.15) is 6.61 Å². The first-order valence-corrected chi connectivity index (χ1v) is 11.0. The Morgan fingerprint density at radius 2 is 1.81 bits per heavy atom. The molecule has 0 heterocycles. The zero-order valence-corrected chi connectivity index (χ0v) is 18.9. The maximum Gasteiger partial charge on any atom is 0.305 e. The molecular formula is C25H36N2O5. The molecule has 0 fully saturated rings. The van der Waals surface area contributed by atoms with E-state index in [-0.39, 0.29) is 37.4 Å². The SMILES string of the molecule is C=CCCCCC(=O)OC[C@@H](NC(=O)[C@@H](CC=C)CC(=O)N[C@@H](C)CO)c1ccccc1. The second kappa shape index (κ2) is 15.8. The number of carbonyl (C=O) groups is 3. The lowest BCUT2D eigenvalue weighted by Gasteiger charge is -2.23. The van der Waals surface area contributed by atoms with Crippen LogP contribution in [-0.4, -0.2) is 42.1 Å². The Hall–Kier alpha value is -2.93. The van der Waals surface area contributed by atoms with Crippen molar-refractivity contribution in [3.63, 3.8) is 0 Å². The number of ether oxygens (including phenoxy) is 1. The van der Waals surface area contributed by atoms with E-state index >= 15 is 0 Å². The minimum absolute atomic E-state index is 0.00456. The second-order valence-corrected chi connectivity index (χ2v) is 7.77. The van der Waals surface area contributed by atoms with Gasteiger partial charge in [-0.05, 0) is 38.2 Å². The largest absolute Gasteiger partial charge is 0.463 e. The summed E-state index contributed by atoms with van der Waals surface area (Å²) in [4.78, 5) is 37.3. The van der Waals surface area contributed by atoms with E-state index in [0.717, 1.165) is 24.8 Å². The molecule has 7 nitrogen and oxygen atoms in total. The quantitative estimate of drug-likeness (QED) is 0.206. The van der Waals surface area contributed by atoms with Crippen molar-refractivity contribution in [2.45, 2.75) is 57.5 Å². The smallest absolute Gasteiger partial charge is 0.305 e. The number of unbranched alkanes of at least 4 members (excludes halogenated alkanes) is 2. The number of hydrogen-bond donors (Lipinski definition) is 3. The molecule has 0 spiro atoms. The summed E-state index contributed by atoms with van der Waals surface area (Å²) < 4.78 is 5.42. The molecule has 3 N–H and O–H groups in total. The lowest BCUT2D eigenvalue weighted by atomic mass is 9.98. The Morgan fingerprint density at radius 1 is 1.09 bits per heavy atom. The highest BCUT2D eigenvalue weighted by Gasteiger charge is 2.25. The van der Waals surface area contributed by atoms with Gasteiger partial charge in [-0.1, -0.05) is 42.5 Å². The Labute approximate surface area is 190 Å². The van der Waals surface area contributed by atoms with Crippen LogP contribution in [0.3, 0.4) is 0 Å². The summed E-state index contributed by atoms with van der Waals surface area (Å²) in [5, 5.41) is 14.7. The average molecular weight is 445 g/mol. The summed E-state index contributed by atoms with van der Waals surface area (Å²) in [5.74, 6) is -1.59. The number of hydrogen-bond acceptors (Lipinski definition) is 5.